The Morgan fingerprint density at radius 3 is 2.53 bits per heavy atom. The number of carbonyl (C=O) groups is 1. The smallest absolute Gasteiger partial charge is 0.221 e. The molecular formula is C12H21NO3S. The Labute approximate surface area is 108 Å². The number of nitrogens with one attached hydrogen (secondary N) is 1. The second-order valence-electron chi connectivity index (χ2n) is 5.43. The van der Waals surface area contributed by atoms with E-state index in [9.17, 15) is 9.90 Å². The fraction of sp³-hybridized carbons (Fsp3) is 0.917. The number of aliphatic hydroxyl groups excluding tert-OH is 1. The molecule has 2 fully saturated rings. The number of hydrogen-bond donors (Lipinski definition) is 3. The normalized spacial score (nSPS) is 25.3. The van der Waals surface area contributed by atoms with E-state index in [4.69, 9.17) is 4.74 Å². The van der Waals surface area contributed by atoms with Gasteiger partial charge in [-0.05, 0) is 36.9 Å². The summed E-state index contributed by atoms with van der Waals surface area (Å²) in [5, 5.41) is 12.5. The van der Waals surface area contributed by atoms with Crippen LogP contribution in [0.4, 0.5) is 0 Å². The summed E-state index contributed by atoms with van der Waals surface area (Å²) in [4.78, 5) is 11.6. The van der Waals surface area contributed by atoms with Gasteiger partial charge in [-0.25, -0.2) is 0 Å². The second kappa shape index (κ2) is 5.16. The molecule has 4 nitrogen and oxygen atoms in total. The molecule has 2 N–H and O–H groups in total. The highest BCUT2D eigenvalue weighted by molar-refractivity contribution is 7.80. The van der Waals surface area contributed by atoms with Gasteiger partial charge in [0.1, 0.15) is 0 Å². The van der Waals surface area contributed by atoms with Crippen LogP contribution in [0.3, 0.4) is 0 Å². The Morgan fingerprint density at radius 1 is 1.35 bits per heavy atom. The monoisotopic (exact) mass is 259 g/mol. The van der Waals surface area contributed by atoms with Crippen molar-refractivity contribution in [1.82, 2.24) is 5.32 Å². The van der Waals surface area contributed by atoms with Gasteiger partial charge < -0.3 is 15.2 Å². The van der Waals surface area contributed by atoms with Crippen molar-refractivity contribution in [1.29, 1.82) is 0 Å². The molecule has 0 aromatic heterocycles. The van der Waals surface area contributed by atoms with Gasteiger partial charge in [0.05, 0.1) is 12.1 Å². The highest BCUT2D eigenvalue weighted by Gasteiger charge is 2.54. The zero-order valence-corrected chi connectivity index (χ0v) is 11.0. The quantitative estimate of drug-likeness (QED) is 0.653. The predicted molar refractivity (Wildman–Crippen MR) is 68.1 cm³/mol. The first-order chi connectivity index (χ1) is 8.14. The third-order valence-electron chi connectivity index (χ3n) is 4.03. The molecule has 0 aromatic carbocycles. The maximum atomic E-state index is 11.6. The topological polar surface area (TPSA) is 58.6 Å². The summed E-state index contributed by atoms with van der Waals surface area (Å²) in [5.41, 5.74) is -0.0768. The van der Waals surface area contributed by atoms with Crippen molar-refractivity contribution in [3.63, 3.8) is 0 Å². The van der Waals surface area contributed by atoms with Crippen molar-refractivity contribution < 1.29 is 14.6 Å². The lowest BCUT2D eigenvalue weighted by atomic mass is 9.54. The standard InChI is InChI=1S/C12H21NO3S/c14-9-12(13-10(15)1-6-17)7-11(8-12)2-4-16-5-3-11/h14,17H,1-9H2,(H,13,15). The van der Waals surface area contributed by atoms with E-state index in [-0.39, 0.29) is 18.1 Å². The fourth-order valence-electron chi connectivity index (χ4n) is 3.24. The molecule has 1 heterocycles. The number of rotatable bonds is 4. The Hall–Kier alpha value is -0.260. The average molecular weight is 259 g/mol. The molecule has 2 rings (SSSR count). The Balaban J connectivity index is 1.89. The molecule has 1 spiro atoms. The summed E-state index contributed by atoms with van der Waals surface area (Å²) >= 11 is 4.04. The summed E-state index contributed by atoms with van der Waals surface area (Å²) in [6, 6.07) is 0. The van der Waals surface area contributed by atoms with Crippen molar-refractivity contribution in [2.45, 2.75) is 37.6 Å². The van der Waals surface area contributed by atoms with Gasteiger partial charge in [-0.2, -0.15) is 12.6 Å². The molecule has 0 unspecified atom stereocenters. The van der Waals surface area contributed by atoms with Gasteiger partial charge in [0.25, 0.3) is 0 Å². The summed E-state index contributed by atoms with van der Waals surface area (Å²) < 4.78 is 5.36. The molecule has 5 heteroatoms. The van der Waals surface area contributed by atoms with E-state index in [1.165, 1.54) is 0 Å². The van der Waals surface area contributed by atoms with Crippen LogP contribution in [0.5, 0.6) is 0 Å². The highest BCUT2D eigenvalue weighted by Crippen LogP contribution is 2.54. The van der Waals surface area contributed by atoms with Gasteiger partial charge >= 0.3 is 0 Å². The number of thiol groups is 1. The zero-order chi connectivity index (χ0) is 12.4. The molecule has 0 atom stereocenters. The summed E-state index contributed by atoms with van der Waals surface area (Å²) in [7, 11) is 0. The fourth-order valence-corrected chi connectivity index (χ4v) is 3.44. The van der Waals surface area contributed by atoms with Gasteiger partial charge in [-0.1, -0.05) is 0 Å². The molecule has 1 saturated heterocycles. The van der Waals surface area contributed by atoms with Crippen LogP contribution >= 0.6 is 12.6 Å². The van der Waals surface area contributed by atoms with E-state index in [1.807, 2.05) is 0 Å². The van der Waals surface area contributed by atoms with Gasteiger partial charge in [-0.3, -0.25) is 4.79 Å². The van der Waals surface area contributed by atoms with Crippen LogP contribution in [0.1, 0.15) is 32.1 Å². The maximum absolute atomic E-state index is 11.6. The third-order valence-corrected chi connectivity index (χ3v) is 4.25. The Morgan fingerprint density at radius 2 is 2.00 bits per heavy atom. The molecule has 17 heavy (non-hydrogen) atoms. The van der Waals surface area contributed by atoms with Gasteiger partial charge in [-0.15, -0.1) is 0 Å². The van der Waals surface area contributed by atoms with E-state index in [0.29, 0.717) is 17.6 Å². The first-order valence-electron chi connectivity index (χ1n) is 6.24. The lowest BCUT2D eigenvalue weighted by Crippen LogP contribution is -2.65. The SMILES string of the molecule is O=C(CCS)NC1(CO)CC2(CCOCC2)C1. The van der Waals surface area contributed by atoms with E-state index >= 15 is 0 Å². The number of ether oxygens (including phenoxy) is 1. The molecule has 98 valence electrons. The lowest BCUT2D eigenvalue weighted by Gasteiger charge is -2.57. The van der Waals surface area contributed by atoms with Crippen LogP contribution < -0.4 is 5.32 Å². The van der Waals surface area contributed by atoms with E-state index in [0.717, 1.165) is 38.9 Å². The van der Waals surface area contributed by atoms with Crippen LogP contribution in [0.25, 0.3) is 0 Å². The van der Waals surface area contributed by atoms with Gasteiger partial charge in [0.2, 0.25) is 5.91 Å². The van der Waals surface area contributed by atoms with Crippen LogP contribution in [-0.2, 0) is 9.53 Å². The summed E-state index contributed by atoms with van der Waals surface area (Å²) in [5.74, 6) is 0.544. The minimum atomic E-state index is -0.378. The van der Waals surface area contributed by atoms with E-state index < -0.39 is 0 Å². The molecule has 0 bridgehead atoms. The first kappa shape index (κ1) is 13.2. The second-order valence-corrected chi connectivity index (χ2v) is 5.87. The highest BCUT2D eigenvalue weighted by atomic mass is 32.1. The van der Waals surface area contributed by atoms with Crippen molar-refractivity contribution >= 4 is 18.5 Å². The van der Waals surface area contributed by atoms with Crippen molar-refractivity contribution in [3.8, 4) is 0 Å². The van der Waals surface area contributed by atoms with Crippen LogP contribution in [0.15, 0.2) is 0 Å². The zero-order valence-electron chi connectivity index (χ0n) is 10.1. The first-order valence-corrected chi connectivity index (χ1v) is 6.87. The molecule has 2 aliphatic rings. The van der Waals surface area contributed by atoms with E-state index in [2.05, 4.69) is 17.9 Å². The molecular weight excluding hydrogens is 238 g/mol. The number of aliphatic hydroxyl groups is 1. The lowest BCUT2D eigenvalue weighted by molar-refractivity contribution is -0.134. The summed E-state index contributed by atoms with van der Waals surface area (Å²) in [6.45, 7) is 1.66. The molecule has 1 aliphatic carbocycles. The largest absolute Gasteiger partial charge is 0.394 e. The Bertz CT molecular complexity index is 281. The van der Waals surface area contributed by atoms with Crippen LogP contribution in [-0.4, -0.2) is 42.1 Å². The average Bonchev–Trinajstić information content (AvgIpc) is 2.28. The van der Waals surface area contributed by atoms with Crippen molar-refractivity contribution in [3.05, 3.63) is 0 Å². The number of carbonyl (C=O) groups excluding carboxylic acids is 1. The number of amides is 1. The van der Waals surface area contributed by atoms with Gasteiger partial charge in [0, 0.05) is 19.6 Å². The van der Waals surface area contributed by atoms with Crippen molar-refractivity contribution in [2.24, 2.45) is 5.41 Å². The van der Waals surface area contributed by atoms with Crippen molar-refractivity contribution in [2.75, 3.05) is 25.6 Å². The molecule has 0 radical (unpaired) electrons. The predicted octanol–water partition coefficient (Wildman–Crippen LogP) is 0.744. The van der Waals surface area contributed by atoms with Gasteiger partial charge in [0.15, 0.2) is 0 Å². The summed E-state index contributed by atoms with van der Waals surface area (Å²) in [6.07, 6.45) is 4.30. The van der Waals surface area contributed by atoms with Crippen LogP contribution in [0.2, 0.25) is 0 Å². The minimum absolute atomic E-state index is 0.00374. The minimum Gasteiger partial charge on any atom is -0.394 e. The molecule has 1 saturated carbocycles. The molecule has 1 amide bonds. The third kappa shape index (κ3) is 2.77. The number of hydrogen-bond acceptors (Lipinski definition) is 4. The van der Waals surface area contributed by atoms with E-state index in [1.54, 1.807) is 0 Å². The maximum Gasteiger partial charge on any atom is 0.221 e. The van der Waals surface area contributed by atoms with Crippen LogP contribution in [0, 0.1) is 5.41 Å². The Kier molecular flexibility index (Phi) is 4.00. The molecule has 1 aliphatic heterocycles. The molecule has 0 aromatic rings.